The number of amides is 1. The quantitative estimate of drug-likeness (QED) is 0.422. The number of benzene rings is 2. The Balaban J connectivity index is 1.70. The molecule has 152 valence electrons. The van der Waals surface area contributed by atoms with Gasteiger partial charge in [-0.3, -0.25) is 4.79 Å². The number of esters is 1. The number of carbonyl (C=O) groups excluding carboxylic acids is 2. The van der Waals surface area contributed by atoms with Gasteiger partial charge in [-0.05, 0) is 30.5 Å². The molecule has 1 amide bonds. The van der Waals surface area contributed by atoms with Crippen molar-refractivity contribution in [2.75, 3.05) is 26.9 Å². The maximum absolute atomic E-state index is 12.8. The van der Waals surface area contributed by atoms with Crippen molar-refractivity contribution in [2.45, 2.75) is 18.9 Å². The van der Waals surface area contributed by atoms with Crippen LogP contribution in [0.2, 0.25) is 0 Å². The van der Waals surface area contributed by atoms with Crippen molar-refractivity contribution >= 4 is 23.5 Å². The fourth-order valence-electron chi connectivity index (χ4n) is 3.11. The average molecular weight is 395 g/mol. The molecular weight excluding hydrogens is 370 g/mol. The van der Waals surface area contributed by atoms with Gasteiger partial charge in [0.25, 0.3) is 5.91 Å². The number of methoxy groups -OCH3 is 1. The van der Waals surface area contributed by atoms with E-state index in [1.165, 1.54) is 0 Å². The van der Waals surface area contributed by atoms with Gasteiger partial charge >= 0.3 is 5.97 Å². The maximum atomic E-state index is 12.8. The molecule has 3 rings (SSSR count). The molecule has 1 aliphatic heterocycles. The molecule has 0 aromatic heterocycles. The minimum absolute atomic E-state index is 0.0416. The van der Waals surface area contributed by atoms with E-state index in [0.717, 1.165) is 25.0 Å². The summed E-state index contributed by atoms with van der Waals surface area (Å²) in [4.78, 5) is 24.8. The zero-order chi connectivity index (χ0) is 20.5. The minimum Gasteiger partial charge on any atom is -0.496 e. The molecule has 1 heterocycles. The summed E-state index contributed by atoms with van der Waals surface area (Å²) in [5, 5.41) is 2.75. The smallest absolute Gasteiger partial charge is 0.339 e. The van der Waals surface area contributed by atoms with Crippen molar-refractivity contribution in [3.05, 3.63) is 65.7 Å². The molecule has 1 saturated heterocycles. The van der Waals surface area contributed by atoms with Crippen molar-refractivity contribution in [1.29, 1.82) is 0 Å². The second-order valence-corrected chi connectivity index (χ2v) is 6.68. The summed E-state index contributed by atoms with van der Waals surface area (Å²) in [6.45, 7) is 0.810. The van der Waals surface area contributed by atoms with E-state index < -0.39 is 5.97 Å². The highest BCUT2D eigenvalue weighted by atomic mass is 16.5. The van der Waals surface area contributed by atoms with E-state index in [9.17, 15) is 9.59 Å². The maximum Gasteiger partial charge on any atom is 0.339 e. The highest BCUT2D eigenvalue weighted by Gasteiger charge is 2.19. The van der Waals surface area contributed by atoms with Crippen LogP contribution in [0.5, 0.6) is 5.75 Å². The number of carbonyl (C=O) groups is 2. The Labute approximate surface area is 170 Å². The lowest BCUT2D eigenvalue weighted by Gasteiger charge is -2.12. The van der Waals surface area contributed by atoms with Crippen LogP contribution in [-0.2, 0) is 19.1 Å². The van der Waals surface area contributed by atoms with Gasteiger partial charge in [-0.15, -0.1) is 0 Å². The van der Waals surface area contributed by atoms with Crippen LogP contribution in [0, 0.1) is 0 Å². The molecular formula is C23H25NO5. The largest absolute Gasteiger partial charge is 0.496 e. The van der Waals surface area contributed by atoms with E-state index in [1.807, 2.05) is 54.6 Å². The van der Waals surface area contributed by atoms with Gasteiger partial charge in [-0.25, -0.2) is 4.79 Å². The van der Waals surface area contributed by atoms with Gasteiger partial charge < -0.3 is 19.5 Å². The Bertz CT molecular complexity index is 857. The Morgan fingerprint density at radius 1 is 1.14 bits per heavy atom. The van der Waals surface area contributed by atoms with Gasteiger partial charge in [0.1, 0.15) is 5.75 Å². The number of hydrogen-bond donors (Lipinski definition) is 1. The summed E-state index contributed by atoms with van der Waals surface area (Å²) in [7, 11) is 1.57. The molecule has 2 aromatic carbocycles. The third-order valence-electron chi connectivity index (χ3n) is 4.63. The molecule has 0 radical (unpaired) electrons. The van der Waals surface area contributed by atoms with Crippen LogP contribution < -0.4 is 10.1 Å². The average Bonchev–Trinajstić information content (AvgIpc) is 3.29. The molecule has 29 heavy (non-hydrogen) atoms. The van der Waals surface area contributed by atoms with Gasteiger partial charge in [0.05, 0.1) is 18.8 Å². The first-order valence-electron chi connectivity index (χ1n) is 9.63. The van der Waals surface area contributed by atoms with Crippen LogP contribution in [0.25, 0.3) is 11.6 Å². The van der Waals surface area contributed by atoms with Gasteiger partial charge in [0, 0.05) is 18.7 Å². The van der Waals surface area contributed by atoms with E-state index in [0.29, 0.717) is 23.4 Å². The molecule has 2 aromatic rings. The summed E-state index contributed by atoms with van der Waals surface area (Å²) in [5.74, 6) is -0.282. The zero-order valence-corrected chi connectivity index (χ0v) is 16.4. The molecule has 0 bridgehead atoms. The van der Waals surface area contributed by atoms with Crippen LogP contribution in [0.4, 0.5) is 0 Å². The molecule has 0 spiro atoms. The van der Waals surface area contributed by atoms with E-state index in [2.05, 4.69) is 5.32 Å². The number of nitrogens with one attached hydrogen (secondary N) is 1. The summed E-state index contributed by atoms with van der Waals surface area (Å²) in [5.41, 5.74) is 1.79. The SMILES string of the molecule is COc1ccccc1C=C(C(=O)OCC(=O)NCC1CCCO1)c1ccccc1. The van der Waals surface area contributed by atoms with Crippen molar-refractivity contribution in [2.24, 2.45) is 0 Å². The van der Waals surface area contributed by atoms with E-state index in [-0.39, 0.29) is 18.6 Å². The van der Waals surface area contributed by atoms with Crippen LogP contribution in [-0.4, -0.2) is 44.8 Å². The Hall–Kier alpha value is -3.12. The Kier molecular flexibility index (Phi) is 7.41. The van der Waals surface area contributed by atoms with Crippen molar-refractivity contribution in [3.8, 4) is 5.75 Å². The van der Waals surface area contributed by atoms with Gasteiger partial charge in [0.15, 0.2) is 6.61 Å². The van der Waals surface area contributed by atoms with Crippen LogP contribution in [0.3, 0.4) is 0 Å². The number of hydrogen-bond acceptors (Lipinski definition) is 5. The van der Waals surface area contributed by atoms with E-state index in [1.54, 1.807) is 13.2 Å². The van der Waals surface area contributed by atoms with Crippen molar-refractivity contribution < 1.29 is 23.8 Å². The number of ether oxygens (including phenoxy) is 3. The standard InChI is InChI=1S/C23H25NO5/c1-27-21-12-6-5-10-18(21)14-20(17-8-3-2-4-9-17)23(26)29-16-22(25)24-15-19-11-7-13-28-19/h2-6,8-10,12,14,19H,7,11,13,15-16H2,1H3,(H,24,25). The molecule has 1 aliphatic rings. The summed E-state index contributed by atoms with van der Waals surface area (Å²) in [6.07, 6.45) is 3.68. The molecule has 6 heteroatoms. The van der Waals surface area contributed by atoms with Crippen LogP contribution in [0.15, 0.2) is 54.6 Å². The normalized spacial score (nSPS) is 16.3. The highest BCUT2D eigenvalue weighted by molar-refractivity contribution is 6.22. The second-order valence-electron chi connectivity index (χ2n) is 6.68. The predicted octanol–water partition coefficient (Wildman–Crippen LogP) is 3.07. The third kappa shape index (κ3) is 5.93. The molecule has 1 atom stereocenters. The number of rotatable bonds is 8. The molecule has 0 saturated carbocycles. The summed E-state index contributed by atoms with van der Waals surface area (Å²) < 4.78 is 16.1. The summed E-state index contributed by atoms with van der Waals surface area (Å²) >= 11 is 0. The van der Waals surface area contributed by atoms with Crippen molar-refractivity contribution in [1.82, 2.24) is 5.32 Å². The van der Waals surface area contributed by atoms with Gasteiger partial charge in [0.2, 0.25) is 0 Å². The highest BCUT2D eigenvalue weighted by Crippen LogP contribution is 2.25. The fourth-order valence-corrected chi connectivity index (χ4v) is 3.11. The monoisotopic (exact) mass is 395 g/mol. The molecule has 6 nitrogen and oxygen atoms in total. The minimum atomic E-state index is -0.575. The van der Waals surface area contributed by atoms with E-state index in [4.69, 9.17) is 14.2 Å². The first-order chi connectivity index (χ1) is 14.2. The first-order valence-corrected chi connectivity index (χ1v) is 9.63. The Morgan fingerprint density at radius 2 is 1.90 bits per heavy atom. The number of para-hydroxylation sites is 1. The molecule has 1 fully saturated rings. The van der Waals surface area contributed by atoms with Crippen molar-refractivity contribution in [3.63, 3.8) is 0 Å². The van der Waals surface area contributed by atoms with Crippen LogP contribution >= 0.6 is 0 Å². The van der Waals surface area contributed by atoms with Gasteiger partial charge in [-0.2, -0.15) is 0 Å². The topological polar surface area (TPSA) is 73.9 Å². The summed E-state index contributed by atoms with van der Waals surface area (Å²) in [6, 6.07) is 16.6. The molecule has 1 N–H and O–H groups in total. The lowest BCUT2D eigenvalue weighted by atomic mass is 10.0. The lowest BCUT2D eigenvalue weighted by molar-refractivity contribution is -0.143. The fraction of sp³-hybridized carbons (Fsp3) is 0.304. The van der Waals surface area contributed by atoms with Crippen LogP contribution in [0.1, 0.15) is 24.0 Å². The molecule has 0 aliphatic carbocycles. The second kappa shape index (κ2) is 10.4. The molecule has 1 unspecified atom stereocenters. The third-order valence-corrected chi connectivity index (χ3v) is 4.63. The predicted molar refractivity (Wildman–Crippen MR) is 110 cm³/mol. The first kappa shape index (κ1) is 20.6. The lowest BCUT2D eigenvalue weighted by Crippen LogP contribution is -2.34. The van der Waals surface area contributed by atoms with Gasteiger partial charge in [-0.1, -0.05) is 48.5 Å². The zero-order valence-electron chi connectivity index (χ0n) is 16.4. The van der Waals surface area contributed by atoms with E-state index >= 15 is 0 Å². The Morgan fingerprint density at radius 3 is 2.62 bits per heavy atom.